The summed E-state index contributed by atoms with van der Waals surface area (Å²) >= 11 is 3.48. The summed E-state index contributed by atoms with van der Waals surface area (Å²) in [7, 11) is -0.0625. The quantitative estimate of drug-likeness (QED) is 0.613. The molecule has 0 aliphatic heterocycles. The lowest BCUT2D eigenvalue weighted by Crippen LogP contribution is -2.28. The molecule has 1 atom stereocenters. The molecule has 1 heterocycles. The maximum Gasteiger partial charge on any atom is 0.313 e. The van der Waals surface area contributed by atoms with Gasteiger partial charge in [-0.2, -0.15) is 5.26 Å². The number of nitriles is 1. The number of rotatable bonds is 6. The molecule has 5 nitrogen and oxygen atoms in total. The summed E-state index contributed by atoms with van der Waals surface area (Å²) in [6, 6.07) is 9.90. The van der Waals surface area contributed by atoms with Crippen LogP contribution < -0.4 is 0 Å². The Labute approximate surface area is 169 Å². The summed E-state index contributed by atoms with van der Waals surface area (Å²) in [4.78, 5) is 11.6. The molecule has 2 rings (SSSR count). The minimum Gasteiger partial charge on any atom is -0.481 e. The Morgan fingerprint density at radius 1 is 1.33 bits per heavy atom. The van der Waals surface area contributed by atoms with Crippen molar-refractivity contribution in [2.75, 3.05) is 0 Å². The van der Waals surface area contributed by atoms with E-state index in [4.69, 9.17) is 4.43 Å². The number of nitrogens with zero attached hydrogens (tertiary/aromatic N) is 2. The van der Waals surface area contributed by atoms with Crippen molar-refractivity contribution in [1.82, 2.24) is 4.57 Å². The van der Waals surface area contributed by atoms with Crippen LogP contribution in [0.4, 0.5) is 0 Å². The van der Waals surface area contributed by atoms with E-state index in [0.717, 1.165) is 21.3 Å². The SMILES string of the molecule is Cn1cc(C(C)(C)C(=O)O)cc1-c1ccc(Br)cc1C(C#N)O[Si](C)(C)C. The summed E-state index contributed by atoms with van der Waals surface area (Å²) in [5, 5.41) is 19.3. The third-order valence-corrected chi connectivity index (χ3v) is 5.86. The van der Waals surface area contributed by atoms with Gasteiger partial charge in [0.15, 0.2) is 14.4 Å². The van der Waals surface area contributed by atoms with E-state index < -0.39 is 25.8 Å². The minimum atomic E-state index is -1.94. The topological polar surface area (TPSA) is 75.3 Å². The van der Waals surface area contributed by atoms with Gasteiger partial charge in [-0.25, -0.2) is 0 Å². The van der Waals surface area contributed by atoms with Crippen LogP contribution in [0.2, 0.25) is 19.6 Å². The fourth-order valence-corrected chi connectivity index (χ4v) is 4.06. The van der Waals surface area contributed by atoms with E-state index >= 15 is 0 Å². The van der Waals surface area contributed by atoms with Gasteiger partial charge in [-0.1, -0.05) is 22.0 Å². The van der Waals surface area contributed by atoms with E-state index in [0.29, 0.717) is 5.56 Å². The second kappa shape index (κ2) is 7.62. The molecule has 1 unspecified atom stereocenters. The first-order valence-corrected chi connectivity index (χ1v) is 12.8. The van der Waals surface area contributed by atoms with Gasteiger partial charge < -0.3 is 14.1 Å². The Hall–Kier alpha value is -1.88. The lowest BCUT2D eigenvalue weighted by molar-refractivity contribution is -0.142. The highest BCUT2D eigenvalue weighted by Gasteiger charge is 2.32. The van der Waals surface area contributed by atoms with E-state index in [2.05, 4.69) is 22.0 Å². The van der Waals surface area contributed by atoms with Gasteiger partial charge in [0.05, 0.1) is 11.5 Å². The van der Waals surface area contributed by atoms with E-state index in [1.807, 2.05) is 61.7 Å². The number of aromatic nitrogens is 1. The Bertz CT molecular complexity index is 907. The van der Waals surface area contributed by atoms with Crippen LogP contribution in [0.25, 0.3) is 11.3 Å². The summed E-state index contributed by atoms with van der Waals surface area (Å²) in [6.07, 6.45) is 1.14. The Kier molecular flexibility index (Phi) is 6.05. The molecule has 0 bridgehead atoms. The molecule has 0 aliphatic carbocycles. The molecular formula is C20H25BrN2O3Si. The molecule has 27 heavy (non-hydrogen) atoms. The monoisotopic (exact) mass is 448 g/mol. The van der Waals surface area contributed by atoms with Crippen LogP contribution in [0.1, 0.15) is 31.1 Å². The predicted molar refractivity (Wildman–Crippen MR) is 112 cm³/mol. The number of carboxylic acid groups (broad SMARTS) is 1. The second-order valence-electron chi connectivity index (χ2n) is 8.13. The first-order chi connectivity index (χ1) is 12.4. The zero-order valence-corrected chi connectivity index (χ0v) is 19.1. The van der Waals surface area contributed by atoms with Gasteiger partial charge >= 0.3 is 5.97 Å². The van der Waals surface area contributed by atoms with Gasteiger partial charge in [0.1, 0.15) is 0 Å². The molecule has 1 N–H and O–H groups in total. The summed E-state index contributed by atoms with van der Waals surface area (Å²) in [6.45, 7) is 9.51. The van der Waals surface area contributed by atoms with Crippen molar-refractivity contribution in [2.45, 2.75) is 45.0 Å². The van der Waals surface area contributed by atoms with Crippen molar-refractivity contribution < 1.29 is 14.3 Å². The van der Waals surface area contributed by atoms with Crippen LogP contribution in [0.5, 0.6) is 0 Å². The van der Waals surface area contributed by atoms with Crippen molar-refractivity contribution in [3.05, 3.63) is 46.1 Å². The average molecular weight is 449 g/mol. The molecule has 7 heteroatoms. The first kappa shape index (κ1) is 21.4. The third kappa shape index (κ3) is 4.70. The summed E-state index contributed by atoms with van der Waals surface area (Å²) in [5.74, 6) is -0.882. The first-order valence-electron chi connectivity index (χ1n) is 8.64. The van der Waals surface area contributed by atoms with Crippen molar-refractivity contribution >= 4 is 30.2 Å². The fourth-order valence-electron chi connectivity index (χ4n) is 2.79. The van der Waals surface area contributed by atoms with E-state index in [-0.39, 0.29) is 0 Å². The number of hydrogen-bond donors (Lipinski definition) is 1. The molecule has 0 spiro atoms. The zero-order valence-electron chi connectivity index (χ0n) is 16.5. The van der Waals surface area contributed by atoms with Crippen molar-refractivity contribution in [2.24, 2.45) is 7.05 Å². The molecule has 0 saturated carbocycles. The van der Waals surface area contributed by atoms with Crippen LogP contribution in [0.3, 0.4) is 0 Å². The van der Waals surface area contributed by atoms with Crippen LogP contribution in [-0.2, 0) is 21.7 Å². The van der Waals surface area contributed by atoms with Gasteiger partial charge in [0.25, 0.3) is 0 Å². The lowest BCUT2D eigenvalue weighted by atomic mass is 9.86. The minimum absolute atomic E-state index is 0.685. The maximum absolute atomic E-state index is 11.6. The summed E-state index contributed by atoms with van der Waals surface area (Å²) < 4.78 is 8.86. The Balaban J connectivity index is 2.63. The van der Waals surface area contributed by atoms with Crippen LogP contribution in [-0.4, -0.2) is 24.0 Å². The third-order valence-electron chi connectivity index (χ3n) is 4.42. The van der Waals surface area contributed by atoms with Gasteiger partial charge in [-0.05, 0) is 57.3 Å². The highest BCUT2D eigenvalue weighted by atomic mass is 79.9. The van der Waals surface area contributed by atoms with E-state index in [1.165, 1.54) is 0 Å². The largest absolute Gasteiger partial charge is 0.481 e. The number of hydrogen-bond acceptors (Lipinski definition) is 3. The number of aryl methyl sites for hydroxylation is 1. The van der Waals surface area contributed by atoms with E-state index in [9.17, 15) is 15.2 Å². The number of benzene rings is 1. The smallest absolute Gasteiger partial charge is 0.313 e. The van der Waals surface area contributed by atoms with Gasteiger partial charge in [-0.3, -0.25) is 4.79 Å². The standard InChI is InChI=1S/C20H25BrN2O3Si/c1-20(2,19(24)25)13-9-17(23(3)12-13)15-8-7-14(21)10-16(15)18(11-22)26-27(4,5)6/h7-10,12,18H,1-6H3,(H,24,25). The maximum atomic E-state index is 11.6. The predicted octanol–water partition coefficient (Wildman–Crippen LogP) is 5.23. The van der Waals surface area contributed by atoms with Gasteiger partial charge in [0.2, 0.25) is 0 Å². The average Bonchev–Trinajstić information content (AvgIpc) is 2.94. The highest BCUT2D eigenvalue weighted by molar-refractivity contribution is 9.10. The molecule has 1 aromatic heterocycles. The lowest BCUT2D eigenvalue weighted by Gasteiger charge is -2.24. The van der Waals surface area contributed by atoms with Crippen molar-refractivity contribution in [1.29, 1.82) is 5.26 Å². The zero-order chi connectivity index (χ0) is 20.6. The normalized spacial score (nSPS) is 13.3. The van der Waals surface area contributed by atoms with Crippen molar-refractivity contribution in [3.8, 4) is 17.3 Å². The van der Waals surface area contributed by atoms with Crippen LogP contribution in [0, 0.1) is 11.3 Å². The molecule has 0 radical (unpaired) electrons. The van der Waals surface area contributed by atoms with E-state index in [1.54, 1.807) is 13.8 Å². The highest BCUT2D eigenvalue weighted by Crippen LogP contribution is 2.36. The molecule has 0 amide bonds. The van der Waals surface area contributed by atoms with Gasteiger partial charge in [0, 0.05) is 34.5 Å². The summed E-state index contributed by atoms with van der Waals surface area (Å²) in [5.41, 5.74) is 2.19. The molecule has 0 fully saturated rings. The number of aliphatic carboxylic acids is 1. The van der Waals surface area contributed by atoms with Gasteiger partial charge in [-0.15, -0.1) is 0 Å². The molecule has 0 saturated heterocycles. The molecule has 144 valence electrons. The molecular weight excluding hydrogens is 424 g/mol. The Morgan fingerprint density at radius 3 is 2.48 bits per heavy atom. The molecule has 0 aliphatic rings. The second-order valence-corrected chi connectivity index (χ2v) is 13.5. The number of carboxylic acids is 1. The van der Waals surface area contributed by atoms with Crippen LogP contribution >= 0.6 is 15.9 Å². The number of carbonyl (C=O) groups is 1. The van der Waals surface area contributed by atoms with Crippen molar-refractivity contribution in [3.63, 3.8) is 0 Å². The number of halogens is 1. The fraction of sp³-hybridized carbons (Fsp3) is 0.400. The van der Waals surface area contributed by atoms with Crippen LogP contribution in [0.15, 0.2) is 34.9 Å². The molecule has 2 aromatic rings. The Morgan fingerprint density at radius 2 is 1.96 bits per heavy atom. The molecule has 1 aromatic carbocycles.